The number of aryl methyl sites for hydroxylation is 3. The average Bonchev–Trinajstić information content (AvgIpc) is 2.36. The lowest BCUT2D eigenvalue weighted by Gasteiger charge is -2.16. The average molecular weight is 293 g/mol. The summed E-state index contributed by atoms with van der Waals surface area (Å²) in [6, 6.07) is 8.63. The van der Waals surface area contributed by atoms with E-state index in [1.807, 2.05) is 13.8 Å². The van der Waals surface area contributed by atoms with Crippen LogP contribution in [0.15, 0.2) is 30.3 Å². The fourth-order valence-corrected chi connectivity index (χ4v) is 2.68. The van der Waals surface area contributed by atoms with E-state index in [1.54, 1.807) is 6.07 Å². The summed E-state index contributed by atoms with van der Waals surface area (Å²) < 4.78 is 13.4. The molecule has 0 bridgehead atoms. The number of halogens is 2. The Hall–Kier alpha value is -1.38. The monoisotopic (exact) mass is 292 g/mol. The summed E-state index contributed by atoms with van der Waals surface area (Å²) in [6.07, 6.45) is -0.263. The third kappa shape index (κ3) is 3.20. The van der Waals surface area contributed by atoms with Gasteiger partial charge < -0.3 is 5.11 Å². The summed E-state index contributed by atoms with van der Waals surface area (Å²) in [7, 11) is 0. The van der Waals surface area contributed by atoms with Gasteiger partial charge in [0.1, 0.15) is 5.82 Å². The zero-order valence-corrected chi connectivity index (χ0v) is 12.6. The van der Waals surface area contributed by atoms with E-state index < -0.39 is 11.9 Å². The van der Waals surface area contributed by atoms with Gasteiger partial charge in [-0.3, -0.25) is 0 Å². The predicted molar refractivity (Wildman–Crippen MR) is 80.7 cm³/mol. The summed E-state index contributed by atoms with van der Waals surface area (Å²) in [5.41, 5.74) is 5.16. The molecule has 0 fully saturated rings. The standard InChI is InChI=1S/C17H18ClFO/c1-10-6-11(2)14(12(3)7-10)9-17(20)13-4-5-15(18)16(19)8-13/h4-8,17,20H,9H2,1-3H3. The number of rotatable bonds is 3. The highest BCUT2D eigenvalue weighted by atomic mass is 35.5. The Bertz CT molecular complexity index is 614. The quantitative estimate of drug-likeness (QED) is 0.871. The summed E-state index contributed by atoms with van der Waals surface area (Å²) in [4.78, 5) is 0. The second kappa shape index (κ2) is 5.94. The molecule has 1 unspecified atom stereocenters. The molecule has 0 saturated carbocycles. The minimum absolute atomic E-state index is 0.0728. The van der Waals surface area contributed by atoms with E-state index in [9.17, 15) is 9.50 Å². The third-order valence-corrected chi connectivity index (χ3v) is 3.87. The van der Waals surface area contributed by atoms with Crippen LogP contribution in [0.25, 0.3) is 0 Å². The fraction of sp³-hybridized carbons (Fsp3) is 0.294. The van der Waals surface area contributed by atoms with Crippen molar-refractivity contribution in [1.82, 2.24) is 0 Å². The second-order valence-electron chi connectivity index (χ2n) is 5.27. The molecule has 1 N–H and O–H groups in total. The first-order chi connectivity index (χ1) is 9.38. The van der Waals surface area contributed by atoms with Gasteiger partial charge in [-0.15, -0.1) is 0 Å². The van der Waals surface area contributed by atoms with Crippen LogP contribution in [0.2, 0.25) is 5.02 Å². The van der Waals surface area contributed by atoms with Crippen molar-refractivity contribution in [2.45, 2.75) is 33.3 Å². The second-order valence-corrected chi connectivity index (χ2v) is 5.68. The lowest BCUT2D eigenvalue weighted by molar-refractivity contribution is 0.177. The van der Waals surface area contributed by atoms with Gasteiger partial charge in [0, 0.05) is 6.42 Å². The van der Waals surface area contributed by atoms with E-state index in [4.69, 9.17) is 11.6 Å². The maximum Gasteiger partial charge on any atom is 0.142 e. The molecule has 2 rings (SSSR count). The third-order valence-electron chi connectivity index (χ3n) is 3.57. The highest BCUT2D eigenvalue weighted by Gasteiger charge is 2.14. The van der Waals surface area contributed by atoms with Crippen LogP contribution in [-0.4, -0.2) is 5.11 Å². The van der Waals surface area contributed by atoms with Gasteiger partial charge in [-0.1, -0.05) is 35.4 Å². The van der Waals surface area contributed by atoms with Crippen molar-refractivity contribution in [3.05, 3.63) is 69.0 Å². The van der Waals surface area contributed by atoms with Crippen molar-refractivity contribution in [1.29, 1.82) is 0 Å². The number of aliphatic hydroxyl groups is 1. The molecule has 0 amide bonds. The summed E-state index contributed by atoms with van der Waals surface area (Å²) in [6.45, 7) is 6.11. The Morgan fingerprint density at radius 1 is 1.10 bits per heavy atom. The summed E-state index contributed by atoms with van der Waals surface area (Å²) in [5.74, 6) is -0.499. The molecule has 106 valence electrons. The van der Waals surface area contributed by atoms with Gasteiger partial charge >= 0.3 is 0 Å². The number of hydrogen-bond donors (Lipinski definition) is 1. The van der Waals surface area contributed by atoms with E-state index in [1.165, 1.54) is 17.7 Å². The number of hydrogen-bond acceptors (Lipinski definition) is 1. The SMILES string of the molecule is Cc1cc(C)c(CC(O)c2ccc(Cl)c(F)c2)c(C)c1. The van der Waals surface area contributed by atoms with Gasteiger partial charge in [-0.2, -0.15) is 0 Å². The highest BCUT2D eigenvalue weighted by Crippen LogP contribution is 2.26. The molecule has 20 heavy (non-hydrogen) atoms. The molecule has 2 aromatic carbocycles. The van der Waals surface area contributed by atoms with Gasteiger partial charge in [-0.05, 0) is 55.2 Å². The van der Waals surface area contributed by atoms with Crippen LogP contribution in [0, 0.1) is 26.6 Å². The largest absolute Gasteiger partial charge is 0.388 e. The predicted octanol–water partition coefficient (Wildman–Crippen LogP) is 4.68. The normalized spacial score (nSPS) is 12.5. The van der Waals surface area contributed by atoms with Crippen molar-refractivity contribution < 1.29 is 9.50 Å². The molecule has 3 heteroatoms. The van der Waals surface area contributed by atoms with Crippen molar-refractivity contribution in [2.24, 2.45) is 0 Å². The number of aliphatic hydroxyl groups excluding tert-OH is 1. The smallest absolute Gasteiger partial charge is 0.142 e. The molecule has 1 nitrogen and oxygen atoms in total. The molecule has 0 spiro atoms. The Balaban J connectivity index is 2.27. The lowest BCUT2D eigenvalue weighted by Crippen LogP contribution is -2.06. The lowest BCUT2D eigenvalue weighted by atomic mass is 9.93. The highest BCUT2D eigenvalue weighted by molar-refractivity contribution is 6.30. The zero-order valence-electron chi connectivity index (χ0n) is 11.9. The minimum atomic E-state index is -0.734. The van der Waals surface area contributed by atoms with E-state index in [0.717, 1.165) is 16.7 Å². The first kappa shape index (κ1) is 15.0. The Kier molecular flexibility index (Phi) is 4.46. The minimum Gasteiger partial charge on any atom is -0.388 e. The zero-order chi connectivity index (χ0) is 14.9. The van der Waals surface area contributed by atoms with Crippen LogP contribution in [0.1, 0.15) is 33.9 Å². The van der Waals surface area contributed by atoms with E-state index >= 15 is 0 Å². The summed E-state index contributed by atoms with van der Waals surface area (Å²) in [5, 5.41) is 10.4. The number of benzene rings is 2. The Morgan fingerprint density at radius 2 is 1.70 bits per heavy atom. The molecule has 1 atom stereocenters. The van der Waals surface area contributed by atoms with Gasteiger partial charge in [0.25, 0.3) is 0 Å². The molecular formula is C17H18ClFO. The molecule has 0 aliphatic heterocycles. The van der Waals surface area contributed by atoms with E-state index in [-0.39, 0.29) is 5.02 Å². The van der Waals surface area contributed by atoms with Gasteiger partial charge in [0.2, 0.25) is 0 Å². The van der Waals surface area contributed by atoms with E-state index in [2.05, 4.69) is 19.1 Å². The maximum absolute atomic E-state index is 13.4. The van der Waals surface area contributed by atoms with E-state index in [0.29, 0.717) is 12.0 Å². The molecule has 0 aliphatic carbocycles. The molecule has 0 saturated heterocycles. The van der Waals surface area contributed by atoms with Gasteiger partial charge in [-0.25, -0.2) is 4.39 Å². The maximum atomic E-state index is 13.4. The van der Waals surface area contributed by atoms with Crippen molar-refractivity contribution in [3.63, 3.8) is 0 Å². The molecular weight excluding hydrogens is 275 g/mol. The Morgan fingerprint density at radius 3 is 2.25 bits per heavy atom. The van der Waals surface area contributed by atoms with Crippen LogP contribution in [0.3, 0.4) is 0 Å². The topological polar surface area (TPSA) is 20.2 Å². The molecule has 0 radical (unpaired) electrons. The Labute approximate surface area is 124 Å². The van der Waals surface area contributed by atoms with Crippen LogP contribution in [0.5, 0.6) is 0 Å². The first-order valence-electron chi connectivity index (χ1n) is 6.58. The summed E-state index contributed by atoms with van der Waals surface area (Å²) >= 11 is 5.66. The molecule has 2 aromatic rings. The van der Waals surface area contributed by atoms with Crippen LogP contribution in [0.4, 0.5) is 4.39 Å². The van der Waals surface area contributed by atoms with Gasteiger partial charge in [0.05, 0.1) is 11.1 Å². The van der Waals surface area contributed by atoms with Crippen LogP contribution < -0.4 is 0 Å². The van der Waals surface area contributed by atoms with Crippen molar-refractivity contribution in [2.75, 3.05) is 0 Å². The van der Waals surface area contributed by atoms with Crippen LogP contribution in [-0.2, 0) is 6.42 Å². The van der Waals surface area contributed by atoms with Crippen molar-refractivity contribution in [3.8, 4) is 0 Å². The van der Waals surface area contributed by atoms with Gasteiger partial charge in [0.15, 0.2) is 0 Å². The van der Waals surface area contributed by atoms with Crippen LogP contribution >= 0.6 is 11.6 Å². The molecule has 0 aliphatic rings. The molecule has 0 heterocycles. The first-order valence-corrected chi connectivity index (χ1v) is 6.96. The van der Waals surface area contributed by atoms with Crippen molar-refractivity contribution >= 4 is 11.6 Å². The fourth-order valence-electron chi connectivity index (χ4n) is 2.56. The molecule has 0 aromatic heterocycles.